The first-order valence-corrected chi connectivity index (χ1v) is 7.20. The zero-order chi connectivity index (χ0) is 13.2. The molecule has 3 rings (SSSR count). The van der Waals surface area contributed by atoms with Crippen molar-refractivity contribution in [2.45, 2.75) is 10.9 Å². The lowest BCUT2D eigenvalue weighted by Crippen LogP contribution is -2.10. The summed E-state index contributed by atoms with van der Waals surface area (Å²) in [6.07, 6.45) is 0. The fraction of sp³-hybridized carbons (Fsp3) is 0.222. The molecule has 8 nitrogen and oxygen atoms in total. The van der Waals surface area contributed by atoms with Gasteiger partial charge in [0.05, 0.1) is 11.1 Å². The molecular formula is C9H10N8S2. The second-order valence-corrected chi connectivity index (χ2v) is 5.48. The van der Waals surface area contributed by atoms with Crippen molar-refractivity contribution in [3.05, 3.63) is 17.3 Å². The summed E-state index contributed by atoms with van der Waals surface area (Å²) >= 11 is 3.03. The summed E-state index contributed by atoms with van der Waals surface area (Å²) in [5, 5.41) is 14.9. The average molecular weight is 294 g/mol. The molecule has 0 atom stereocenters. The maximum Gasteiger partial charge on any atom is 0.209 e. The molecule has 0 unspecified atom stereocenters. The van der Waals surface area contributed by atoms with Crippen LogP contribution in [0.5, 0.6) is 0 Å². The summed E-state index contributed by atoms with van der Waals surface area (Å²) in [4.78, 5) is 9.78. The highest BCUT2D eigenvalue weighted by Crippen LogP contribution is 2.26. The predicted molar refractivity (Wildman–Crippen MR) is 73.6 cm³/mol. The second-order valence-electron chi connectivity index (χ2n) is 3.65. The maximum absolute atomic E-state index is 5.48. The summed E-state index contributed by atoms with van der Waals surface area (Å²) in [6, 6.07) is 1.94. The van der Waals surface area contributed by atoms with Crippen LogP contribution >= 0.6 is 23.1 Å². The summed E-state index contributed by atoms with van der Waals surface area (Å²) in [5.41, 5.74) is 2.60. The number of hydrogen-bond acceptors (Lipinski definition) is 9. The van der Waals surface area contributed by atoms with E-state index in [2.05, 4.69) is 30.9 Å². The molecule has 0 fully saturated rings. The highest BCUT2D eigenvalue weighted by Gasteiger charge is 2.10. The molecule has 98 valence electrons. The van der Waals surface area contributed by atoms with Gasteiger partial charge in [0.1, 0.15) is 10.7 Å². The number of nitrogens with zero attached hydrogens (tertiary/aromatic N) is 6. The number of aryl methyl sites for hydroxylation is 1. The Morgan fingerprint density at radius 2 is 2.37 bits per heavy atom. The molecule has 0 aliphatic rings. The van der Waals surface area contributed by atoms with E-state index < -0.39 is 0 Å². The molecule has 10 heteroatoms. The third kappa shape index (κ3) is 2.37. The van der Waals surface area contributed by atoms with Crippen molar-refractivity contribution in [3.8, 4) is 0 Å². The van der Waals surface area contributed by atoms with E-state index in [1.54, 1.807) is 23.1 Å². The Morgan fingerprint density at radius 3 is 3.11 bits per heavy atom. The van der Waals surface area contributed by atoms with Crippen LogP contribution in [0, 0.1) is 0 Å². The highest BCUT2D eigenvalue weighted by atomic mass is 32.2. The van der Waals surface area contributed by atoms with Gasteiger partial charge in [-0.3, -0.25) is 0 Å². The molecule has 0 aromatic carbocycles. The van der Waals surface area contributed by atoms with E-state index in [0.29, 0.717) is 17.4 Å². The number of thioether (sulfide) groups is 1. The number of nitrogens with two attached hydrogens (primary N) is 1. The minimum atomic E-state index is 0.580. The number of tetrazole rings is 1. The lowest BCUT2D eigenvalue weighted by atomic mass is 10.4. The van der Waals surface area contributed by atoms with Gasteiger partial charge >= 0.3 is 0 Å². The van der Waals surface area contributed by atoms with Crippen LogP contribution in [0.1, 0.15) is 5.82 Å². The summed E-state index contributed by atoms with van der Waals surface area (Å²) in [5.74, 6) is 7.39. The van der Waals surface area contributed by atoms with E-state index in [1.807, 2.05) is 11.4 Å². The smallest absolute Gasteiger partial charge is 0.209 e. The van der Waals surface area contributed by atoms with Crippen molar-refractivity contribution in [2.75, 3.05) is 5.43 Å². The number of nitrogen functional groups attached to an aromatic ring is 1. The number of thiophene rings is 1. The SMILES string of the molecule is Cn1nnnc1SCc1nc(NN)c2ccsc2n1. The first-order chi connectivity index (χ1) is 9.28. The minimum Gasteiger partial charge on any atom is -0.308 e. The monoisotopic (exact) mass is 294 g/mol. The summed E-state index contributed by atoms with van der Waals surface area (Å²) in [7, 11) is 1.79. The predicted octanol–water partition coefficient (Wildman–Crippen LogP) is 0.793. The molecule has 0 saturated heterocycles. The van der Waals surface area contributed by atoms with Crippen molar-refractivity contribution in [2.24, 2.45) is 12.9 Å². The van der Waals surface area contributed by atoms with Gasteiger partial charge in [0, 0.05) is 7.05 Å². The zero-order valence-electron chi connectivity index (χ0n) is 9.94. The van der Waals surface area contributed by atoms with Crippen molar-refractivity contribution in [1.82, 2.24) is 30.2 Å². The Hall–Kier alpha value is -1.78. The number of fused-ring (bicyclic) bond motifs is 1. The van der Waals surface area contributed by atoms with Crippen LogP contribution < -0.4 is 11.3 Å². The van der Waals surface area contributed by atoms with Gasteiger partial charge in [-0.05, 0) is 21.9 Å². The molecule has 0 spiro atoms. The van der Waals surface area contributed by atoms with E-state index in [1.165, 1.54) is 11.8 Å². The van der Waals surface area contributed by atoms with Crippen LogP contribution in [0.3, 0.4) is 0 Å². The fourth-order valence-corrected chi connectivity index (χ4v) is 3.03. The lowest BCUT2D eigenvalue weighted by molar-refractivity contribution is 0.664. The number of nitrogens with one attached hydrogen (secondary N) is 1. The standard InChI is InChI=1S/C9H10N8S2/c1-17-9(14-15-16-17)19-4-6-11-7(13-10)5-2-3-18-8(5)12-6/h2-3H,4,10H2,1H3,(H,11,12,13). The molecular weight excluding hydrogens is 284 g/mol. The molecule has 0 aliphatic heterocycles. The van der Waals surface area contributed by atoms with Crippen LogP contribution in [-0.2, 0) is 12.8 Å². The molecule has 3 N–H and O–H groups in total. The van der Waals surface area contributed by atoms with Crippen molar-refractivity contribution in [1.29, 1.82) is 0 Å². The van der Waals surface area contributed by atoms with Gasteiger partial charge in [0.2, 0.25) is 5.16 Å². The summed E-state index contributed by atoms with van der Waals surface area (Å²) < 4.78 is 1.61. The average Bonchev–Trinajstić information content (AvgIpc) is 3.04. The highest BCUT2D eigenvalue weighted by molar-refractivity contribution is 7.98. The Labute approximate surface area is 116 Å². The van der Waals surface area contributed by atoms with E-state index >= 15 is 0 Å². The van der Waals surface area contributed by atoms with Crippen LogP contribution in [-0.4, -0.2) is 30.2 Å². The van der Waals surface area contributed by atoms with E-state index in [9.17, 15) is 0 Å². The molecule has 0 radical (unpaired) electrons. The third-order valence-electron chi connectivity index (χ3n) is 2.42. The normalized spacial score (nSPS) is 11.1. The number of anilines is 1. The molecule has 0 amide bonds. The first-order valence-electron chi connectivity index (χ1n) is 5.34. The van der Waals surface area contributed by atoms with Crippen molar-refractivity contribution >= 4 is 39.1 Å². The zero-order valence-corrected chi connectivity index (χ0v) is 11.6. The first kappa shape index (κ1) is 12.3. The molecule has 3 aromatic heterocycles. The molecule has 0 aliphatic carbocycles. The largest absolute Gasteiger partial charge is 0.308 e. The molecule has 0 saturated carbocycles. The van der Waals surface area contributed by atoms with Crippen molar-refractivity contribution < 1.29 is 0 Å². The van der Waals surface area contributed by atoms with Gasteiger partial charge in [-0.15, -0.1) is 16.4 Å². The van der Waals surface area contributed by atoms with Gasteiger partial charge in [-0.25, -0.2) is 20.5 Å². The van der Waals surface area contributed by atoms with Gasteiger partial charge in [-0.1, -0.05) is 11.8 Å². The molecule has 3 heterocycles. The molecule has 0 bridgehead atoms. The van der Waals surface area contributed by atoms with Gasteiger partial charge in [0.15, 0.2) is 5.82 Å². The summed E-state index contributed by atoms with van der Waals surface area (Å²) in [6.45, 7) is 0. The Balaban J connectivity index is 1.86. The maximum atomic E-state index is 5.48. The van der Waals surface area contributed by atoms with Gasteiger partial charge in [-0.2, -0.15) is 0 Å². The van der Waals surface area contributed by atoms with E-state index in [-0.39, 0.29) is 0 Å². The third-order valence-corrected chi connectivity index (χ3v) is 4.23. The number of hydrazine groups is 1. The van der Waals surface area contributed by atoms with Crippen LogP contribution in [0.25, 0.3) is 10.2 Å². The van der Waals surface area contributed by atoms with Crippen LogP contribution in [0.15, 0.2) is 16.6 Å². The Bertz CT molecular complexity index is 705. The van der Waals surface area contributed by atoms with Gasteiger partial charge < -0.3 is 5.43 Å². The van der Waals surface area contributed by atoms with Gasteiger partial charge in [0.25, 0.3) is 0 Å². The molecule has 3 aromatic rings. The van der Waals surface area contributed by atoms with Crippen LogP contribution in [0.4, 0.5) is 5.82 Å². The van der Waals surface area contributed by atoms with Crippen LogP contribution in [0.2, 0.25) is 0 Å². The van der Waals surface area contributed by atoms with Crippen molar-refractivity contribution in [3.63, 3.8) is 0 Å². The topological polar surface area (TPSA) is 107 Å². The fourth-order valence-electron chi connectivity index (χ4n) is 1.55. The van der Waals surface area contributed by atoms with E-state index in [0.717, 1.165) is 15.4 Å². The molecule has 19 heavy (non-hydrogen) atoms. The van der Waals surface area contributed by atoms with E-state index in [4.69, 9.17) is 5.84 Å². The second kappa shape index (κ2) is 5.07. The number of hydrogen-bond donors (Lipinski definition) is 2. The lowest BCUT2D eigenvalue weighted by Gasteiger charge is -2.04. The minimum absolute atomic E-state index is 0.580. The number of rotatable bonds is 4. The quantitative estimate of drug-likeness (QED) is 0.413. The Morgan fingerprint density at radius 1 is 1.47 bits per heavy atom. The Kier molecular flexibility index (Phi) is 3.27. The number of aromatic nitrogens is 6.